The highest BCUT2D eigenvalue weighted by atomic mass is 16.1. The Morgan fingerprint density at radius 1 is 1.47 bits per heavy atom. The van der Waals surface area contributed by atoms with Crippen LogP contribution in [0.15, 0.2) is 17.2 Å². The van der Waals surface area contributed by atoms with E-state index in [9.17, 15) is 4.79 Å². The summed E-state index contributed by atoms with van der Waals surface area (Å²) in [6.45, 7) is 4.35. The summed E-state index contributed by atoms with van der Waals surface area (Å²) in [4.78, 5) is 16.3. The van der Waals surface area contributed by atoms with Gasteiger partial charge in [0.05, 0.1) is 0 Å². The molecule has 2 rings (SSSR count). The second-order valence-electron chi connectivity index (χ2n) is 5.34. The van der Waals surface area contributed by atoms with Gasteiger partial charge in [0.1, 0.15) is 0 Å². The smallest absolute Gasteiger partial charge is 0.293 e. The van der Waals surface area contributed by atoms with Crippen LogP contribution in [0, 0.1) is 11.8 Å². The highest BCUT2D eigenvalue weighted by Crippen LogP contribution is 2.30. The molecule has 2 unspecified atom stereocenters. The molecule has 1 aromatic rings. The number of nitrogens with zero attached hydrogens (tertiary/aromatic N) is 2. The molecule has 5 nitrogen and oxygen atoms in total. The Balaban J connectivity index is 1.99. The molecule has 0 aliphatic heterocycles. The number of nitrogens with one attached hydrogen (secondary N) is 1. The molecule has 1 aromatic heterocycles. The third-order valence-corrected chi connectivity index (χ3v) is 4.03. The standard InChI is InChI=1S/C14H24N4O/c1-2-7-18-8-6-16-13(14(18)19)17-10-12-5-3-4-11(12)9-15/h6,8,11-12H,2-5,7,9-10,15H2,1H3,(H,16,17). The molecule has 1 fully saturated rings. The summed E-state index contributed by atoms with van der Waals surface area (Å²) in [5, 5.41) is 3.22. The Kier molecular flexibility index (Phi) is 4.96. The van der Waals surface area contributed by atoms with Crippen molar-refractivity contribution in [2.75, 3.05) is 18.4 Å². The first-order chi connectivity index (χ1) is 9.26. The SMILES string of the molecule is CCCn1ccnc(NCC2CCCC2CN)c1=O. The van der Waals surface area contributed by atoms with E-state index in [0.29, 0.717) is 17.7 Å². The Bertz CT molecular complexity index is 457. The largest absolute Gasteiger partial charge is 0.365 e. The molecule has 0 spiro atoms. The van der Waals surface area contributed by atoms with Gasteiger partial charge in [-0.1, -0.05) is 13.3 Å². The lowest BCUT2D eigenvalue weighted by Crippen LogP contribution is -2.29. The molecular weight excluding hydrogens is 240 g/mol. The maximum Gasteiger partial charge on any atom is 0.293 e. The molecule has 106 valence electrons. The fourth-order valence-corrected chi connectivity index (χ4v) is 2.91. The fourth-order valence-electron chi connectivity index (χ4n) is 2.91. The first-order valence-corrected chi connectivity index (χ1v) is 7.25. The third kappa shape index (κ3) is 3.35. The van der Waals surface area contributed by atoms with Gasteiger partial charge in [-0.25, -0.2) is 4.98 Å². The van der Waals surface area contributed by atoms with Crippen molar-refractivity contribution in [3.8, 4) is 0 Å². The van der Waals surface area contributed by atoms with Crippen LogP contribution in [0.5, 0.6) is 0 Å². The van der Waals surface area contributed by atoms with Crippen LogP contribution in [-0.4, -0.2) is 22.6 Å². The Morgan fingerprint density at radius 3 is 3.00 bits per heavy atom. The van der Waals surface area contributed by atoms with Gasteiger partial charge < -0.3 is 15.6 Å². The van der Waals surface area contributed by atoms with E-state index in [-0.39, 0.29) is 5.56 Å². The maximum atomic E-state index is 12.1. The van der Waals surface area contributed by atoms with E-state index in [1.165, 1.54) is 19.3 Å². The first kappa shape index (κ1) is 14.1. The van der Waals surface area contributed by atoms with Crippen LogP contribution < -0.4 is 16.6 Å². The average molecular weight is 264 g/mol. The van der Waals surface area contributed by atoms with Crippen molar-refractivity contribution in [1.82, 2.24) is 9.55 Å². The van der Waals surface area contributed by atoms with Crippen molar-refractivity contribution >= 4 is 5.82 Å². The minimum Gasteiger partial charge on any atom is -0.365 e. The Hall–Kier alpha value is -1.36. The second-order valence-corrected chi connectivity index (χ2v) is 5.34. The minimum absolute atomic E-state index is 0.0216. The zero-order valence-electron chi connectivity index (χ0n) is 11.6. The van der Waals surface area contributed by atoms with Gasteiger partial charge in [-0.15, -0.1) is 0 Å². The van der Waals surface area contributed by atoms with E-state index in [2.05, 4.69) is 17.2 Å². The van der Waals surface area contributed by atoms with E-state index in [1.807, 2.05) is 0 Å². The van der Waals surface area contributed by atoms with Crippen LogP contribution in [0.3, 0.4) is 0 Å². The van der Waals surface area contributed by atoms with Gasteiger partial charge >= 0.3 is 0 Å². The van der Waals surface area contributed by atoms with Crippen molar-refractivity contribution < 1.29 is 0 Å². The number of aromatic nitrogens is 2. The van der Waals surface area contributed by atoms with Crippen LogP contribution in [0.4, 0.5) is 5.82 Å². The zero-order valence-corrected chi connectivity index (χ0v) is 11.6. The number of aryl methyl sites for hydroxylation is 1. The lowest BCUT2D eigenvalue weighted by Gasteiger charge is -2.18. The van der Waals surface area contributed by atoms with Crippen molar-refractivity contribution in [2.24, 2.45) is 17.6 Å². The normalized spacial score (nSPS) is 22.6. The van der Waals surface area contributed by atoms with E-state index in [1.54, 1.807) is 17.0 Å². The van der Waals surface area contributed by atoms with Gasteiger partial charge in [0.15, 0.2) is 5.82 Å². The van der Waals surface area contributed by atoms with Crippen molar-refractivity contribution in [3.05, 3.63) is 22.7 Å². The molecule has 0 radical (unpaired) electrons. The fraction of sp³-hybridized carbons (Fsp3) is 0.714. The summed E-state index contributed by atoms with van der Waals surface area (Å²) in [5.41, 5.74) is 5.76. The number of hydrogen-bond donors (Lipinski definition) is 2. The van der Waals surface area contributed by atoms with Crippen LogP contribution >= 0.6 is 0 Å². The predicted octanol–water partition coefficient (Wildman–Crippen LogP) is 1.44. The maximum absolute atomic E-state index is 12.1. The van der Waals surface area contributed by atoms with Crippen LogP contribution in [-0.2, 0) is 6.54 Å². The van der Waals surface area contributed by atoms with Crippen molar-refractivity contribution in [3.63, 3.8) is 0 Å². The molecular formula is C14H24N4O. The summed E-state index contributed by atoms with van der Waals surface area (Å²) in [6, 6.07) is 0. The summed E-state index contributed by atoms with van der Waals surface area (Å²) in [7, 11) is 0. The molecule has 2 atom stereocenters. The summed E-state index contributed by atoms with van der Waals surface area (Å²) in [5.74, 6) is 1.64. The van der Waals surface area contributed by atoms with Crippen LogP contribution in [0.2, 0.25) is 0 Å². The topological polar surface area (TPSA) is 72.9 Å². The summed E-state index contributed by atoms with van der Waals surface area (Å²) >= 11 is 0. The highest BCUT2D eigenvalue weighted by Gasteiger charge is 2.25. The van der Waals surface area contributed by atoms with E-state index >= 15 is 0 Å². The number of anilines is 1. The number of nitrogens with two attached hydrogens (primary N) is 1. The van der Waals surface area contributed by atoms with Crippen LogP contribution in [0.25, 0.3) is 0 Å². The van der Waals surface area contributed by atoms with E-state index < -0.39 is 0 Å². The quantitative estimate of drug-likeness (QED) is 0.815. The van der Waals surface area contributed by atoms with Gasteiger partial charge in [-0.2, -0.15) is 0 Å². The van der Waals surface area contributed by atoms with Gasteiger partial charge in [0, 0.05) is 25.5 Å². The third-order valence-electron chi connectivity index (χ3n) is 4.03. The van der Waals surface area contributed by atoms with Gasteiger partial charge in [-0.05, 0) is 37.6 Å². The molecule has 1 aliphatic rings. The summed E-state index contributed by atoms with van der Waals surface area (Å²) < 4.78 is 1.71. The second kappa shape index (κ2) is 6.70. The molecule has 19 heavy (non-hydrogen) atoms. The average Bonchev–Trinajstić information content (AvgIpc) is 2.87. The molecule has 0 saturated heterocycles. The van der Waals surface area contributed by atoms with E-state index in [0.717, 1.165) is 26.1 Å². The van der Waals surface area contributed by atoms with Crippen molar-refractivity contribution in [1.29, 1.82) is 0 Å². The first-order valence-electron chi connectivity index (χ1n) is 7.25. The molecule has 0 bridgehead atoms. The van der Waals surface area contributed by atoms with Gasteiger partial charge in [-0.3, -0.25) is 4.79 Å². The Morgan fingerprint density at radius 2 is 2.26 bits per heavy atom. The highest BCUT2D eigenvalue weighted by molar-refractivity contribution is 5.30. The van der Waals surface area contributed by atoms with Crippen molar-refractivity contribution in [2.45, 2.75) is 39.2 Å². The molecule has 1 heterocycles. The molecule has 0 aromatic carbocycles. The van der Waals surface area contributed by atoms with Gasteiger partial charge in [0.25, 0.3) is 5.56 Å². The molecule has 0 amide bonds. The lowest BCUT2D eigenvalue weighted by atomic mass is 9.96. The van der Waals surface area contributed by atoms with Crippen LogP contribution in [0.1, 0.15) is 32.6 Å². The number of hydrogen-bond acceptors (Lipinski definition) is 4. The monoisotopic (exact) mass is 264 g/mol. The van der Waals surface area contributed by atoms with E-state index in [4.69, 9.17) is 5.73 Å². The summed E-state index contributed by atoms with van der Waals surface area (Å²) in [6.07, 6.45) is 8.04. The zero-order chi connectivity index (χ0) is 13.7. The number of rotatable bonds is 6. The Labute approximate surface area is 114 Å². The predicted molar refractivity (Wildman–Crippen MR) is 77.2 cm³/mol. The lowest BCUT2D eigenvalue weighted by molar-refractivity contribution is 0.414. The molecule has 1 saturated carbocycles. The molecule has 5 heteroatoms. The molecule has 1 aliphatic carbocycles. The molecule has 3 N–H and O–H groups in total. The minimum atomic E-state index is -0.0216. The van der Waals surface area contributed by atoms with Gasteiger partial charge in [0.2, 0.25) is 0 Å².